The summed E-state index contributed by atoms with van der Waals surface area (Å²) < 4.78 is 0. The van der Waals surface area contributed by atoms with Crippen molar-refractivity contribution < 1.29 is 4.79 Å². The molecule has 0 spiro atoms. The molecular weight excluding hydrogens is 344 g/mol. The zero-order valence-corrected chi connectivity index (χ0v) is 16.3. The Morgan fingerprint density at radius 3 is 2.65 bits per heavy atom. The molecule has 1 N–H and O–H groups in total. The van der Waals surface area contributed by atoms with Gasteiger partial charge in [-0.3, -0.25) is 4.79 Å². The summed E-state index contributed by atoms with van der Waals surface area (Å²) in [5.74, 6) is 0.189. The molecule has 5 nitrogen and oxygen atoms in total. The van der Waals surface area contributed by atoms with Gasteiger partial charge in [-0.2, -0.15) is 0 Å². The van der Waals surface area contributed by atoms with Crippen molar-refractivity contribution in [3.8, 4) is 0 Å². The Bertz CT molecular complexity index is 778. The molecule has 0 bridgehead atoms. The summed E-state index contributed by atoms with van der Waals surface area (Å²) in [6.45, 7) is 6.35. The van der Waals surface area contributed by atoms with Gasteiger partial charge in [0.1, 0.15) is 0 Å². The molecule has 1 aliphatic heterocycles. The molecule has 0 saturated carbocycles. The number of hydrogen-bond acceptors (Lipinski definition) is 5. The van der Waals surface area contributed by atoms with Crippen LogP contribution in [0, 0.1) is 12.8 Å². The molecule has 1 aromatic carbocycles. The number of piperazine rings is 1. The number of likely N-dealkylation sites (N-methyl/N-ethyl adjacent to an activating group) is 1. The summed E-state index contributed by atoms with van der Waals surface area (Å²) in [4.78, 5) is 23.3. The first-order valence-electron chi connectivity index (χ1n) is 9.38. The van der Waals surface area contributed by atoms with E-state index >= 15 is 0 Å². The van der Waals surface area contributed by atoms with Gasteiger partial charge < -0.3 is 15.1 Å². The van der Waals surface area contributed by atoms with Gasteiger partial charge in [0.05, 0.1) is 10.7 Å². The largest absolute Gasteiger partial charge is 0.369 e. The number of carbonyl (C=O) groups is 1. The van der Waals surface area contributed by atoms with Gasteiger partial charge in [0.15, 0.2) is 0 Å². The Kier molecular flexibility index (Phi) is 4.96. The monoisotopic (exact) mass is 370 g/mol. The molecule has 2 heterocycles. The van der Waals surface area contributed by atoms with Gasteiger partial charge in [-0.1, -0.05) is 0 Å². The van der Waals surface area contributed by atoms with Crippen LogP contribution in [0.4, 0.5) is 11.4 Å². The van der Waals surface area contributed by atoms with Gasteiger partial charge in [0.2, 0.25) is 5.91 Å². The number of aryl methyl sites for hydroxylation is 2. The number of nitrogens with zero attached hydrogens (tertiary/aromatic N) is 3. The lowest BCUT2D eigenvalue weighted by atomic mass is 9.90. The fourth-order valence-corrected chi connectivity index (χ4v) is 4.85. The number of carbonyl (C=O) groups excluding carboxylic acids is 1. The third kappa shape index (κ3) is 3.76. The van der Waals surface area contributed by atoms with Crippen LogP contribution in [0.15, 0.2) is 24.3 Å². The van der Waals surface area contributed by atoms with E-state index in [1.54, 1.807) is 11.3 Å². The quantitative estimate of drug-likeness (QED) is 0.902. The lowest BCUT2D eigenvalue weighted by Gasteiger charge is -2.34. The predicted octanol–water partition coefficient (Wildman–Crippen LogP) is 2.95. The van der Waals surface area contributed by atoms with Crippen molar-refractivity contribution in [2.75, 3.05) is 43.4 Å². The number of benzene rings is 1. The van der Waals surface area contributed by atoms with Crippen LogP contribution in [-0.2, 0) is 17.6 Å². The molecule has 1 saturated heterocycles. The molecule has 1 amide bonds. The Labute approximate surface area is 159 Å². The number of nitrogens with one attached hydrogen (secondary N) is 1. The van der Waals surface area contributed by atoms with Crippen LogP contribution in [0.1, 0.15) is 22.0 Å². The molecule has 2 aliphatic rings. The number of thiazole rings is 1. The summed E-state index contributed by atoms with van der Waals surface area (Å²) >= 11 is 1.74. The number of anilines is 2. The zero-order valence-electron chi connectivity index (χ0n) is 15.5. The van der Waals surface area contributed by atoms with E-state index in [1.165, 1.54) is 16.3 Å². The van der Waals surface area contributed by atoms with E-state index < -0.39 is 0 Å². The number of hydrogen-bond donors (Lipinski definition) is 1. The molecule has 138 valence electrons. The standard InChI is InChI=1S/C20H26N4OS/c1-14-21-18-8-3-15(13-19(18)26-14)20(25)22-16-4-6-17(7-5-16)24-11-9-23(2)10-12-24/h4-7,15H,3,8-13H2,1-2H3,(H,22,25). The second-order valence-electron chi connectivity index (χ2n) is 7.37. The fraction of sp³-hybridized carbons (Fsp3) is 0.500. The highest BCUT2D eigenvalue weighted by Gasteiger charge is 2.27. The molecular formula is C20H26N4OS. The van der Waals surface area contributed by atoms with Crippen LogP contribution in [0.3, 0.4) is 0 Å². The first kappa shape index (κ1) is 17.5. The summed E-state index contributed by atoms with van der Waals surface area (Å²) in [6.07, 6.45) is 2.63. The van der Waals surface area contributed by atoms with E-state index in [2.05, 4.69) is 39.3 Å². The third-order valence-electron chi connectivity index (χ3n) is 5.42. The van der Waals surface area contributed by atoms with E-state index in [0.29, 0.717) is 0 Å². The predicted molar refractivity (Wildman–Crippen MR) is 107 cm³/mol. The van der Waals surface area contributed by atoms with Crippen LogP contribution in [-0.4, -0.2) is 49.0 Å². The molecule has 4 rings (SSSR count). The zero-order chi connectivity index (χ0) is 18.1. The Morgan fingerprint density at radius 1 is 1.19 bits per heavy atom. The van der Waals surface area contributed by atoms with Crippen LogP contribution in [0.2, 0.25) is 0 Å². The maximum Gasteiger partial charge on any atom is 0.227 e. The summed E-state index contributed by atoms with van der Waals surface area (Å²) in [7, 11) is 2.16. The van der Waals surface area contributed by atoms with Crippen molar-refractivity contribution in [1.82, 2.24) is 9.88 Å². The smallest absolute Gasteiger partial charge is 0.227 e. The van der Waals surface area contributed by atoms with Crippen molar-refractivity contribution in [2.24, 2.45) is 5.92 Å². The number of fused-ring (bicyclic) bond motifs is 1. The second-order valence-corrected chi connectivity index (χ2v) is 8.66. The first-order chi connectivity index (χ1) is 12.6. The molecule has 1 aliphatic carbocycles. The molecule has 2 aromatic rings. The second kappa shape index (κ2) is 7.37. The van der Waals surface area contributed by atoms with E-state index in [-0.39, 0.29) is 11.8 Å². The lowest BCUT2D eigenvalue weighted by Crippen LogP contribution is -2.44. The summed E-state index contributed by atoms with van der Waals surface area (Å²) in [5, 5.41) is 4.21. The number of aromatic nitrogens is 1. The Balaban J connectivity index is 1.36. The van der Waals surface area contributed by atoms with E-state index in [0.717, 1.165) is 56.1 Å². The van der Waals surface area contributed by atoms with Gasteiger partial charge in [-0.05, 0) is 57.5 Å². The van der Waals surface area contributed by atoms with E-state index in [4.69, 9.17) is 0 Å². The molecule has 1 atom stereocenters. The minimum Gasteiger partial charge on any atom is -0.369 e. The van der Waals surface area contributed by atoms with Crippen molar-refractivity contribution in [3.63, 3.8) is 0 Å². The minimum atomic E-state index is 0.0552. The maximum atomic E-state index is 12.7. The fourth-order valence-electron chi connectivity index (χ4n) is 3.79. The van der Waals surface area contributed by atoms with E-state index in [1.807, 2.05) is 19.1 Å². The maximum absolute atomic E-state index is 12.7. The first-order valence-corrected chi connectivity index (χ1v) is 10.2. The van der Waals surface area contributed by atoms with Crippen molar-refractivity contribution in [3.05, 3.63) is 39.8 Å². The van der Waals surface area contributed by atoms with Gasteiger partial charge in [0, 0.05) is 48.3 Å². The van der Waals surface area contributed by atoms with Gasteiger partial charge in [-0.25, -0.2) is 4.98 Å². The average Bonchev–Trinajstić information content (AvgIpc) is 3.02. The Hall–Kier alpha value is -1.92. The van der Waals surface area contributed by atoms with Crippen molar-refractivity contribution in [1.29, 1.82) is 0 Å². The Morgan fingerprint density at radius 2 is 1.92 bits per heavy atom. The van der Waals surface area contributed by atoms with Gasteiger partial charge in [-0.15, -0.1) is 11.3 Å². The molecule has 26 heavy (non-hydrogen) atoms. The normalized spacial score (nSPS) is 20.7. The van der Waals surface area contributed by atoms with Crippen LogP contribution in [0.5, 0.6) is 0 Å². The highest BCUT2D eigenvalue weighted by Crippen LogP contribution is 2.30. The molecule has 0 radical (unpaired) electrons. The third-order valence-corrected chi connectivity index (χ3v) is 6.46. The van der Waals surface area contributed by atoms with Crippen molar-refractivity contribution >= 4 is 28.6 Å². The number of amides is 1. The highest BCUT2D eigenvalue weighted by atomic mass is 32.1. The molecule has 1 fully saturated rings. The van der Waals surface area contributed by atoms with Crippen LogP contribution >= 0.6 is 11.3 Å². The molecule has 1 unspecified atom stereocenters. The minimum absolute atomic E-state index is 0.0552. The topological polar surface area (TPSA) is 48.5 Å². The SMILES string of the molecule is Cc1nc2c(s1)CC(C(=O)Nc1ccc(N3CCN(C)CC3)cc1)CC2. The highest BCUT2D eigenvalue weighted by molar-refractivity contribution is 7.11. The van der Waals surface area contributed by atoms with Gasteiger partial charge >= 0.3 is 0 Å². The van der Waals surface area contributed by atoms with Crippen molar-refractivity contribution in [2.45, 2.75) is 26.2 Å². The summed E-state index contributed by atoms with van der Waals surface area (Å²) in [6, 6.07) is 8.28. The molecule has 6 heteroatoms. The van der Waals surface area contributed by atoms with Gasteiger partial charge in [0.25, 0.3) is 0 Å². The number of rotatable bonds is 3. The summed E-state index contributed by atoms with van der Waals surface area (Å²) in [5.41, 5.74) is 3.32. The van der Waals surface area contributed by atoms with E-state index in [9.17, 15) is 4.79 Å². The lowest BCUT2D eigenvalue weighted by molar-refractivity contribution is -0.120. The average molecular weight is 371 g/mol. The van der Waals surface area contributed by atoms with Crippen LogP contribution < -0.4 is 10.2 Å². The molecule has 1 aromatic heterocycles. The van der Waals surface area contributed by atoms with Crippen LogP contribution in [0.25, 0.3) is 0 Å².